The molecule has 0 aliphatic carbocycles. The summed E-state index contributed by atoms with van der Waals surface area (Å²) in [6, 6.07) is 10.2. The summed E-state index contributed by atoms with van der Waals surface area (Å²) in [5.74, 6) is 0.509. The maximum absolute atomic E-state index is 11.5. The number of ketones is 1. The van der Waals surface area contributed by atoms with Crippen LogP contribution in [0.3, 0.4) is 0 Å². The van der Waals surface area contributed by atoms with Crippen LogP contribution in [0.1, 0.15) is 39.2 Å². The third kappa shape index (κ3) is 2.03. The summed E-state index contributed by atoms with van der Waals surface area (Å²) >= 11 is 0. The van der Waals surface area contributed by atoms with Crippen LogP contribution in [0.25, 0.3) is 0 Å². The Bertz CT molecular complexity index is 311. The maximum atomic E-state index is 11.5. The lowest BCUT2D eigenvalue weighted by Gasteiger charge is -2.29. The quantitative estimate of drug-likeness (QED) is 0.714. The van der Waals surface area contributed by atoms with Gasteiger partial charge in [0.25, 0.3) is 0 Å². The molecule has 1 aromatic carbocycles. The molecule has 1 atom stereocenters. The molecule has 0 spiro atoms. The van der Waals surface area contributed by atoms with Crippen molar-refractivity contribution in [3.63, 3.8) is 0 Å². The number of Topliss-reactive ketones (excluding diaryl/α,β-unsaturated/α-hetero) is 1. The van der Waals surface area contributed by atoms with Crippen LogP contribution in [-0.4, -0.2) is 5.78 Å². The molecular weight excluding hydrogens is 172 g/mol. The molecule has 1 aromatic rings. The van der Waals surface area contributed by atoms with E-state index in [0.29, 0.717) is 0 Å². The van der Waals surface area contributed by atoms with Gasteiger partial charge in [-0.05, 0) is 18.4 Å². The summed E-state index contributed by atoms with van der Waals surface area (Å²) in [6.45, 7) is 7.79. The van der Waals surface area contributed by atoms with Crippen LogP contribution in [-0.2, 0) is 4.79 Å². The molecule has 1 rings (SSSR count). The van der Waals surface area contributed by atoms with Crippen LogP contribution < -0.4 is 0 Å². The fourth-order valence-corrected chi connectivity index (χ4v) is 1.46. The summed E-state index contributed by atoms with van der Waals surface area (Å²) in [5, 5.41) is 0. The van der Waals surface area contributed by atoms with E-state index in [1.165, 1.54) is 5.56 Å². The smallest absolute Gasteiger partial charge is 0.136 e. The zero-order valence-corrected chi connectivity index (χ0v) is 9.37. The van der Waals surface area contributed by atoms with Crippen LogP contribution in [0, 0.1) is 5.41 Å². The van der Waals surface area contributed by atoms with Gasteiger partial charge in [-0.2, -0.15) is 0 Å². The van der Waals surface area contributed by atoms with Crippen LogP contribution in [0.15, 0.2) is 30.3 Å². The molecule has 1 unspecified atom stereocenters. The largest absolute Gasteiger partial charge is 0.299 e. The van der Waals surface area contributed by atoms with Crippen molar-refractivity contribution >= 4 is 5.78 Å². The van der Waals surface area contributed by atoms with Gasteiger partial charge in [0.15, 0.2) is 0 Å². The van der Waals surface area contributed by atoms with Crippen molar-refractivity contribution in [3.05, 3.63) is 35.9 Å². The number of carbonyl (C=O) groups is 1. The molecule has 0 aliphatic heterocycles. The summed E-state index contributed by atoms with van der Waals surface area (Å²) in [5.41, 5.74) is 0.953. The molecule has 76 valence electrons. The molecular formula is C13H18O. The average Bonchev–Trinajstić information content (AvgIpc) is 2.17. The lowest BCUT2D eigenvalue weighted by molar-refractivity contribution is -0.125. The predicted molar refractivity (Wildman–Crippen MR) is 59.3 cm³/mol. The van der Waals surface area contributed by atoms with E-state index in [1.54, 1.807) is 6.92 Å². The topological polar surface area (TPSA) is 17.1 Å². The Morgan fingerprint density at radius 2 is 1.71 bits per heavy atom. The Kier molecular flexibility index (Phi) is 3.10. The van der Waals surface area contributed by atoms with Crippen molar-refractivity contribution in [3.8, 4) is 0 Å². The van der Waals surface area contributed by atoms with Crippen molar-refractivity contribution in [1.29, 1.82) is 0 Å². The highest BCUT2D eigenvalue weighted by molar-refractivity contribution is 5.82. The summed E-state index contributed by atoms with van der Waals surface area (Å²) in [7, 11) is 0. The number of benzene rings is 1. The summed E-state index contributed by atoms with van der Waals surface area (Å²) in [6.07, 6.45) is 0. The highest BCUT2D eigenvalue weighted by atomic mass is 16.1. The van der Waals surface area contributed by atoms with E-state index in [0.717, 1.165) is 0 Å². The zero-order chi connectivity index (χ0) is 10.8. The molecule has 0 N–H and O–H groups in total. The fourth-order valence-electron chi connectivity index (χ4n) is 1.46. The minimum Gasteiger partial charge on any atom is -0.299 e. The van der Waals surface area contributed by atoms with Gasteiger partial charge in [-0.1, -0.05) is 51.1 Å². The van der Waals surface area contributed by atoms with E-state index in [9.17, 15) is 4.79 Å². The highest BCUT2D eigenvalue weighted by Gasteiger charge is 2.31. The first kappa shape index (κ1) is 11.0. The van der Waals surface area contributed by atoms with E-state index >= 15 is 0 Å². The number of hydrogen-bond acceptors (Lipinski definition) is 1. The summed E-state index contributed by atoms with van der Waals surface area (Å²) in [4.78, 5) is 11.5. The van der Waals surface area contributed by atoms with Gasteiger partial charge < -0.3 is 0 Å². The molecule has 0 aromatic heterocycles. The van der Waals surface area contributed by atoms with Crippen LogP contribution >= 0.6 is 0 Å². The number of rotatable bonds is 3. The van der Waals surface area contributed by atoms with E-state index in [2.05, 4.69) is 19.1 Å². The third-order valence-corrected chi connectivity index (χ3v) is 3.29. The second kappa shape index (κ2) is 3.95. The molecule has 0 saturated heterocycles. The van der Waals surface area contributed by atoms with E-state index in [4.69, 9.17) is 0 Å². The van der Waals surface area contributed by atoms with Crippen LogP contribution in [0.4, 0.5) is 0 Å². The Hall–Kier alpha value is -1.11. The van der Waals surface area contributed by atoms with Gasteiger partial charge in [0.1, 0.15) is 5.78 Å². The second-order valence-corrected chi connectivity index (χ2v) is 4.41. The van der Waals surface area contributed by atoms with Crippen molar-refractivity contribution < 1.29 is 4.79 Å². The van der Waals surface area contributed by atoms with Crippen molar-refractivity contribution in [2.24, 2.45) is 5.41 Å². The zero-order valence-electron chi connectivity index (χ0n) is 9.37. The van der Waals surface area contributed by atoms with Gasteiger partial charge in [-0.15, -0.1) is 0 Å². The molecule has 0 aliphatic rings. The second-order valence-electron chi connectivity index (χ2n) is 4.41. The molecule has 0 fully saturated rings. The van der Waals surface area contributed by atoms with Crippen LogP contribution in [0.5, 0.6) is 0 Å². The minimum absolute atomic E-state index is 0.244. The first-order valence-corrected chi connectivity index (χ1v) is 5.02. The Balaban J connectivity index is 2.96. The average molecular weight is 190 g/mol. The van der Waals surface area contributed by atoms with E-state index in [-0.39, 0.29) is 17.1 Å². The molecule has 0 saturated carbocycles. The maximum Gasteiger partial charge on any atom is 0.136 e. The first-order valence-electron chi connectivity index (χ1n) is 5.02. The standard InChI is InChI=1S/C13H18O/c1-10(13(3,4)11(2)14)12-8-6-5-7-9-12/h5-10H,1-4H3. The van der Waals surface area contributed by atoms with Gasteiger partial charge in [0.05, 0.1) is 0 Å². The fraction of sp³-hybridized carbons (Fsp3) is 0.462. The van der Waals surface area contributed by atoms with Gasteiger partial charge in [-0.3, -0.25) is 4.79 Å². The van der Waals surface area contributed by atoms with Gasteiger partial charge in [-0.25, -0.2) is 0 Å². The number of carbonyl (C=O) groups excluding carboxylic acids is 1. The van der Waals surface area contributed by atoms with Gasteiger partial charge in [0, 0.05) is 5.41 Å². The van der Waals surface area contributed by atoms with Gasteiger partial charge in [0.2, 0.25) is 0 Å². The van der Waals surface area contributed by atoms with Gasteiger partial charge >= 0.3 is 0 Å². The summed E-state index contributed by atoms with van der Waals surface area (Å²) < 4.78 is 0. The first-order chi connectivity index (χ1) is 6.46. The Morgan fingerprint density at radius 1 is 1.21 bits per heavy atom. The van der Waals surface area contributed by atoms with Crippen molar-refractivity contribution in [2.45, 2.75) is 33.6 Å². The molecule has 0 amide bonds. The predicted octanol–water partition coefficient (Wildman–Crippen LogP) is 3.41. The Labute approximate surface area is 86.1 Å². The number of hydrogen-bond donors (Lipinski definition) is 0. The van der Waals surface area contributed by atoms with Crippen LogP contribution in [0.2, 0.25) is 0 Å². The van der Waals surface area contributed by atoms with Crippen molar-refractivity contribution in [2.75, 3.05) is 0 Å². The lowest BCUT2D eigenvalue weighted by atomic mass is 9.73. The molecule has 1 heteroatoms. The lowest BCUT2D eigenvalue weighted by Crippen LogP contribution is -2.27. The normalized spacial score (nSPS) is 13.7. The highest BCUT2D eigenvalue weighted by Crippen LogP contribution is 2.35. The van der Waals surface area contributed by atoms with Crippen molar-refractivity contribution in [1.82, 2.24) is 0 Å². The van der Waals surface area contributed by atoms with E-state index < -0.39 is 0 Å². The monoisotopic (exact) mass is 190 g/mol. The third-order valence-electron chi connectivity index (χ3n) is 3.29. The molecule has 0 bridgehead atoms. The SMILES string of the molecule is CC(=O)C(C)(C)C(C)c1ccccc1. The molecule has 0 radical (unpaired) electrons. The minimum atomic E-state index is -0.276. The van der Waals surface area contributed by atoms with E-state index in [1.807, 2.05) is 32.0 Å². The molecule has 14 heavy (non-hydrogen) atoms. The Morgan fingerprint density at radius 3 is 2.14 bits per heavy atom. The molecule has 0 heterocycles. The molecule has 1 nitrogen and oxygen atoms in total.